The van der Waals surface area contributed by atoms with E-state index in [9.17, 15) is 19.2 Å². The van der Waals surface area contributed by atoms with Crippen molar-refractivity contribution in [2.45, 2.75) is 19.3 Å². The van der Waals surface area contributed by atoms with Crippen LogP contribution in [0.1, 0.15) is 35.2 Å². The van der Waals surface area contributed by atoms with Gasteiger partial charge < -0.3 is 9.64 Å². The first-order valence-corrected chi connectivity index (χ1v) is 10.9. The molecular formula is C23H20FN3O3S. The number of hydrogen-bond donors (Lipinski definition) is 0. The zero-order chi connectivity index (χ0) is 22.0. The normalized spacial score (nSPS) is 18.5. The van der Waals surface area contributed by atoms with Crippen LogP contribution in [0.5, 0.6) is 0 Å². The molecule has 1 saturated heterocycles. The number of esters is 1. The number of benzene rings is 2. The van der Waals surface area contributed by atoms with Gasteiger partial charge in [-0.05, 0) is 42.8 Å². The van der Waals surface area contributed by atoms with E-state index in [0.29, 0.717) is 28.6 Å². The van der Waals surface area contributed by atoms with Gasteiger partial charge in [0.2, 0.25) is 5.91 Å². The zero-order valence-corrected chi connectivity index (χ0v) is 17.7. The molecule has 0 aliphatic carbocycles. The van der Waals surface area contributed by atoms with Gasteiger partial charge in [-0.2, -0.15) is 5.26 Å². The van der Waals surface area contributed by atoms with Crippen LogP contribution in [0.3, 0.4) is 0 Å². The van der Waals surface area contributed by atoms with E-state index in [0.717, 1.165) is 11.3 Å². The Bertz CT molecular complexity index is 1090. The molecule has 2 heterocycles. The third kappa shape index (κ3) is 4.14. The molecule has 2 aromatic carbocycles. The van der Waals surface area contributed by atoms with Crippen LogP contribution >= 0.6 is 11.8 Å². The summed E-state index contributed by atoms with van der Waals surface area (Å²) in [6.07, 6.45) is 0.148. The number of fused-ring (bicyclic) bond motifs is 1. The van der Waals surface area contributed by atoms with Crippen molar-refractivity contribution in [2.75, 3.05) is 24.1 Å². The van der Waals surface area contributed by atoms with E-state index in [1.807, 2.05) is 11.0 Å². The minimum atomic E-state index is -0.391. The largest absolute Gasteiger partial charge is 0.462 e. The van der Waals surface area contributed by atoms with Gasteiger partial charge >= 0.3 is 5.97 Å². The van der Waals surface area contributed by atoms with Crippen LogP contribution in [0.4, 0.5) is 10.1 Å². The van der Waals surface area contributed by atoms with Crippen LogP contribution in [0.15, 0.2) is 59.1 Å². The highest BCUT2D eigenvalue weighted by atomic mass is 32.2. The van der Waals surface area contributed by atoms with Crippen molar-refractivity contribution in [2.24, 2.45) is 0 Å². The highest BCUT2D eigenvalue weighted by Gasteiger charge is 2.38. The van der Waals surface area contributed by atoms with Crippen LogP contribution in [-0.4, -0.2) is 35.9 Å². The predicted octanol–water partition coefficient (Wildman–Crippen LogP) is 4.22. The van der Waals surface area contributed by atoms with E-state index in [1.54, 1.807) is 42.2 Å². The molecule has 2 aliphatic heterocycles. The standard InChI is InChI=1S/C23H20FN3O3S/c1-2-30-23(29)16-4-3-5-18(10-16)26-13-27-21(28)11-19(15-6-8-17(24)9-7-15)20(12-25)22(27)31-14-26/h3-10,19H,2,11,13-14H2,1H3. The third-order valence-electron chi connectivity index (χ3n) is 5.29. The lowest BCUT2D eigenvalue weighted by Gasteiger charge is -2.42. The van der Waals surface area contributed by atoms with Gasteiger partial charge in [-0.3, -0.25) is 9.69 Å². The number of ether oxygens (including phenoxy) is 1. The van der Waals surface area contributed by atoms with Gasteiger partial charge in [0.25, 0.3) is 0 Å². The molecule has 2 aromatic rings. The van der Waals surface area contributed by atoms with Crippen molar-refractivity contribution in [1.82, 2.24) is 4.90 Å². The number of hydrogen-bond acceptors (Lipinski definition) is 6. The Morgan fingerprint density at radius 2 is 2.06 bits per heavy atom. The second-order valence-corrected chi connectivity index (χ2v) is 8.12. The number of thioether (sulfide) groups is 1. The average Bonchev–Trinajstić information content (AvgIpc) is 2.79. The number of anilines is 1. The lowest BCUT2D eigenvalue weighted by atomic mass is 9.86. The van der Waals surface area contributed by atoms with Crippen LogP contribution < -0.4 is 4.90 Å². The SMILES string of the molecule is CCOC(=O)c1cccc(N2CSC3=C(C#N)C(c4ccc(F)cc4)CC(=O)N3C2)c1. The highest BCUT2D eigenvalue weighted by Crippen LogP contribution is 2.43. The minimum absolute atomic E-state index is 0.0953. The van der Waals surface area contributed by atoms with Crippen molar-refractivity contribution in [3.63, 3.8) is 0 Å². The maximum absolute atomic E-state index is 13.3. The lowest BCUT2D eigenvalue weighted by Crippen LogP contribution is -2.47. The number of halogens is 1. The summed E-state index contributed by atoms with van der Waals surface area (Å²) in [6, 6.07) is 15.3. The molecule has 8 heteroatoms. The molecule has 0 aromatic heterocycles. The van der Waals surface area contributed by atoms with Crippen LogP contribution in [0, 0.1) is 17.1 Å². The fourth-order valence-electron chi connectivity index (χ4n) is 3.75. The van der Waals surface area contributed by atoms with Gasteiger partial charge in [-0.1, -0.05) is 30.0 Å². The van der Waals surface area contributed by atoms with Crippen molar-refractivity contribution < 1.29 is 18.7 Å². The molecule has 2 aliphatic rings. The maximum atomic E-state index is 13.3. The quantitative estimate of drug-likeness (QED) is 0.667. The molecule has 1 atom stereocenters. The summed E-state index contributed by atoms with van der Waals surface area (Å²) >= 11 is 1.41. The molecule has 1 amide bonds. The number of allylic oxidation sites excluding steroid dienone is 1. The molecule has 31 heavy (non-hydrogen) atoms. The van der Waals surface area contributed by atoms with E-state index < -0.39 is 5.97 Å². The zero-order valence-electron chi connectivity index (χ0n) is 16.9. The van der Waals surface area contributed by atoms with Crippen molar-refractivity contribution in [1.29, 1.82) is 5.26 Å². The van der Waals surface area contributed by atoms with Gasteiger partial charge in [0, 0.05) is 18.0 Å². The molecule has 1 fully saturated rings. The molecule has 4 rings (SSSR count). The van der Waals surface area contributed by atoms with Gasteiger partial charge in [-0.25, -0.2) is 9.18 Å². The first kappa shape index (κ1) is 20.9. The Hall–Kier alpha value is -3.31. The summed E-state index contributed by atoms with van der Waals surface area (Å²) in [6.45, 7) is 2.34. The van der Waals surface area contributed by atoms with E-state index in [2.05, 4.69) is 6.07 Å². The van der Waals surface area contributed by atoms with E-state index >= 15 is 0 Å². The fourth-order valence-corrected chi connectivity index (χ4v) is 4.92. The fraction of sp³-hybridized carbons (Fsp3) is 0.261. The highest BCUT2D eigenvalue weighted by molar-refractivity contribution is 8.03. The van der Waals surface area contributed by atoms with Crippen LogP contribution in [0.25, 0.3) is 0 Å². The number of nitrogens with zero attached hydrogens (tertiary/aromatic N) is 3. The van der Waals surface area contributed by atoms with Crippen molar-refractivity contribution in [3.8, 4) is 6.07 Å². The lowest BCUT2D eigenvalue weighted by molar-refractivity contribution is -0.129. The number of carbonyl (C=O) groups excluding carboxylic acids is 2. The summed E-state index contributed by atoms with van der Waals surface area (Å²) in [5, 5.41) is 10.5. The number of carbonyl (C=O) groups is 2. The van der Waals surface area contributed by atoms with E-state index in [1.165, 1.54) is 23.9 Å². The van der Waals surface area contributed by atoms with Crippen LogP contribution in [0.2, 0.25) is 0 Å². The molecule has 158 valence electrons. The molecule has 0 radical (unpaired) electrons. The molecule has 0 spiro atoms. The Kier molecular flexibility index (Phi) is 5.96. The summed E-state index contributed by atoms with van der Waals surface area (Å²) < 4.78 is 18.4. The second kappa shape index (κ2) is 8.82. The molecule has 6 nitrogen and oxygen atoms in total. The Morgan fingerprint density at radius 1 is 1.29 bits per heavy atom. The monoisotopic (exact) mass is 437 g/mol. The molecular weight excluding hydrogens is 417 g/mol. The van der Waals surface area contributed by atoms with Crippen molar-refractivity contribution >= 4 is 29.3 Å². The van der Waals surface area contributed by atoms with E-state index in [-0.39, 0.29) is 30.7 Å². The Morgan fingerprint density at radius 3 is 2.77 bits per heavy atom. The number of nitriles is 1. The molecule has 0 bridgehead atoms. The minimum Gasteiger partial charge on any atom is -0.462 e. The van der Waals surface area contributed by atoms with Gasteiger partial charge in [0.05, 0.1) is 41.4 Å². The number of amides is 1. The van der Waals surface area contributed by atoms with Gasteiger partial charge in [0.1, 0.15) is 5.82 Å². The molecule has 1 unspecified atom stereocenters. The molecule has 0 N–H and O–H groups in total. The predicted molar refractivity (Wildman–Crippen MR) is 115 cm³/mol. The van der Waals surface area contributed by atoms with E-state index in [4.69, 9.17) is 4.74 Å². The molecule has 0 saturated carbocycles. The first-order valence-electron chi connectivity index (χ1n) is 9.86. The number of rotatable bonds is 4. The Balaban J connectivity index is 1.61. The average molecular weight is 437 g/mol. The van der Waals surface area contributed by atoms with Gasteiger partial charge in [-0.15, -0.1) is 0 Å². The summed E-state index contributed by atoms with van der Waals surface area (Å²) in [5.74, 6) is -0.700. The maximum Gasteiger partial charge on any atom is 0.338 e. The second-order valence-electron chi connectivity index (χ2n) is 7.19. The Labute approximate surface area is 183 Å². The topological polar surface area (TPSA) is 73.6 Å². The first-order chi connectivity index (χ1) is 15.0. The smallest absolute Gasteiger partial charge is 0.338 e. The van der Waals surface area contributed by atoms with Crippen LogP contribution in [-0.2, 0) is 9.53 Å². The summed E-state index contributed by atoms with van der Waals surface area (Å²) in [7, 11) is 0. The third-order valence-corrected chi connectivity index (χ3v) is 6.44. The summed E-state index contributed by atoms with van der Waals surface area (Å²) in [4.78, 5) is 28.6. The van der Waals surface area contributed by atoms with Crippen molar-refractivity contribution in [3.05, 3.63) is 76.1 Å². The van der Waals surface area contributed by atoms with Gasteiger partial charge in [0.15, 0.2) is 0 Å². The summed E-state index contributed by atoms with van der Waals surface area (Å²) in [5.41, 5.74) is 2.52.